The van der Waals surface area contributed by atoms with Gasteiger partial charge in [-0.25, -0.2) is 9.97 Å². The molecule has 0 saturated carbocycles. The number of aromatic nitrogens is 4. The molecule has 1 aliphatic heterocycles. The van der Waals surface area contributed by atoms with E-state index in [0.29, 0.717) is 6.54 Å². The molecule has 2 aromatic heterocycles. The van der Waals surface area contributed by atoms with Crippen LogP contribution in [0.1, 0.15) is 18.7 Å². The van der Waals surface area contributed by atoms with Crippen molar-refractivity contribution in [1.82, 2.24) is 24.4 Å². The van der Waals surface area contributed by atoms with E-state index in [2.05, 4.69) is 25.2 Å². The summed E-state index contributed by atoms with van der Waals surface area (Å²) in [4.78, 5) is 27.5. The van der Waals surface area contributed by atoms with Gasteiger partial charge in [-0.2, -0.15) is 0 Å². The molecule has 7 nitrogen and oxygen atoms in total. The summed E-state index contributed by atoms with van der Waals surface area (Å²) in [6.45, 7) is 1.60. The average molecular weight is 400 g/mol. The van der Waals surface area contributed by atoms with Gasteiger partial charge in [0.2, 0.25) is 5.91 Å². The molecule has 3 heterocycles. The highest BCUT2D eigenvalue weighted by Gasteiger charge is 2.31. The van der Waals surface area contributed by atoms with Gasteiger partial charge in [0.1, 0.15) is 11.6 Å². The maximum atomic E-state index is 12.9. The van der Waals surface area contributed by atoms with Crippen LogP contribution in [0.5, 0.6) is 0 Å². The molecule has 5 rings (SSSR count). The van der Waals surface area contributed by atoms with Gasteiger partial charge in [0.05, 0.1) is 23.6 Å². The van der Waals surface area contributed by atoms with Crippen molar-refractivity contribution in [3.05, 3.63) is 66.7 Å². The van der Waals surface area contributed by atoms with Gasteiger partial charge in [-0.15, -0.1) is 0 Å². The van der Waals surface area contributed by atoms with Crippen molar-refractivity contribution in [2.45, 2.75) is 25.4 Å². The highest BCUT2D eigenvalue weighted by Crippen LogP contribution is 2.24. The monoisotopic (exact) mass is 400 g/mol. The predicted molar refractivity (Wildman–Crippen MR) is 117 cm³/mol. The second kappa shape index (κ2) is 7.76. The van der Waals surface area contributed by atoms with Crippen LogP contribution in [0.2, 0.25) is 0 Å². The minimum Gasteiger partial charge on any atom is -0.338 e. The maximum Gasteiger partial charge on any atom is 0.241 e. The van der Waals surface area contributed by atoms with Gasteiger partial charge < -0.3 is 14.9 Å². The zero-order chi connectivity index (χ0) is 20.5. The summed E-state index contributed by atoms with van der Waals surface area (Å²) in [5, 5.41) is 3.07. The van der Waals surface area contributed by atoms with Crippen LogP contribution in [0, 0.1) is 0 Å². The van der Waals surface area contributed by atoms with Crippen LogP contribution in [0.3, 0.4) is 0 Å². The number of nitrogens with zero attached hydrogens (tertiary/aromatic N) is 4. The second-order valence-corrected chi connectivity index (χ2v) is 7.75. The van der Waals surface area contributed by atoms with Gasteiger partial charge in [-0.1, -0.05) is 12.1 Å². The van der Waals surface area contributed by atoms with Crippen LogP contribution in [-0.4, -0.2) is 42.9 Å². The first-order valence-electron chi connectivity index (χ1n) is 10.2. The number of benzene rings is 2. The van der Waals surface area contributed by atoms with Gasteiger partial charge >= 0.3 is 0 Å². The highest BCUT2D eigenvalue weighted by molar-refractivity contribution is 5.95. The lowest BCUT2D eigenvalue weighted by Gasteiger charge is -2.23. The molecule has 30 heavy (non-hydrogen) atoms. The highest BCUT2D eigenvalue weighted by atomic mass is 16.2. The van der Waals surface area contributed by atoms with E-state index < -0.39 is 0 Å². The lowest BCUT2D eigenvalue weighted by Crippen LogP contribution is -2.39. The summed E-state index contributed by atoms with van der Waals surface area (Å²) in [6.07, 6.45) is 5.62. The van der Waals surface area contributed by atoms with Crippen LogP contribution in [0.15, 0.2) is 60.9 Å². The number of hydrogen-bond donors (Lipinski definition) is 2. The third-order valence-corrected chi connectivity index (χ3v) is 5.75. The molecule has 1 amide bonds. The number of nitrogens with one attached hydrogen (secondary N) is 2. The molecule has 0 aliphatic carbocycles. The van der Waals surface area contributed by atoms with Crippen molar-refractivity contribution in [3.63, 3.8) is 0 Å². The number of imidazole rings is 2. The minimum atomic E-state index is -0.128. The van der Waals surface area contributed by atoms with Gasteiger partial charge in [0.25, 0.3) is 0 Å². The van der Waals surface area contributed by atoms with E-state index >= 15 is 0 Å². The van der Waals surface area contributed by atoms with E-state index in [1.807, 2.05) is 66.3 Å². The molecule has 2 N–H and O–H groups in total. The van der Waals surface area contributed by atoms with E-state index in [-0.39, 0.29) is 11.9 Å². The summed E-state index contributed by atoms with van der Waals surface area (Å²) < 4.78 is 2.00. The average Bonchev–Trinajstić information content (AvgIpc) is 3.49. The molecule has 0 unspecified atom stereocenters. The lowest BCUT2D eigenvalue weighted by atomic mass is 10.1. The number of hydrogen-bond acceptors (Lipinski definition) is 4. The standard InChI is InChI=1S/C23H24N6O/c1-28-14-12-24-21(28)15-29-13-4-7-20(29)23(30)25-17-10-8-16(9-11-17)22-26-18-5-2-3-6-19(18)27-22/h2-3,5-6,8-12,14,20H,4,7,13,15H2,1H3,(H,25,30)(H,26,27)/t20-/m1/s1. The molecular weight excluding hydrogens is 376 g/mol. The Morgan fingerprint density at radius 3 is 2.80 bits per heavy atom. The van der Waals surface area contributed by atoms with E-state index in [1.54, 1.807) is 6.20 Å². The van der Waals surface area contributed by atoms with Crippen molar-refractivity contribution >= 4 is 22.6 Å². The number of H-pyrrole nitrogens is 1. The fourth-order valence-corrected chi connectivity index (χ4v) is 4.07. The Labute approximate surface area is 174 Å². The van der Waals surface area contributed by atoms with Crippen molar-refractivity contribution in [1.29, 1.82) is 0 Å². The number of aryl methyl sites for hydroxylation is 1. The molecule has 4 aromatic rings. The molecule has 0 bridgehead atoms. The number of para-hydroxylation sites is 2. The van der Waals surface area contributed by atoms with Crippen molar-refractivity contribution in [2.24, 2.45) is 7.05 Å². The molecule has 7 heteroatoms. The molecule has 2 aromatic carbocycles. The van der Waals surface area contributed by atoms with E-state index in [9.17, 15) is 4.79 Å². The Morgan fingerprint density at radius 1 is 1.20 bits per heavy atom. The van der Waals surface area contributed by atoms with Gasteiger partial charge in [0.15, 0.2) is 0 Å². The smallest absolute Gasteiger partial charge is 0.241 e. The fraction of sp³-hybridized carbons (Fsp3) is 0.261. The fourth-order valence-electron chi connectivity index (χ4n) is 4.07. The number of aromatic amines is 1. The molecule has 1 saturated heterocycles. The van der Waals surface area contributed by atoms with Crippen molar-refractivity contribution in [2.75, 3.05) is 11.9 Å². The first-order chi connectivity index (χ1) is 14.7. The number of rotatable bonds is 5. The molecule has 152 valence electrons. The number of amides is 1. The third-order valence-electron chi connectivity index (χ3n) is 5.75. The summed E-state index contributed by atoms with van der Waals surface area (Å²) >= 11 is 0. The Balaban J connectivity index is 1.27. The van der Waals surface area contributed by atoms with Crippen LogP contribution in [0.4, 0.5) is 5.69 Å². The second-order valence-electron chi connectivity index (χ2n) is 7.75. The molecule has 1 atom stereocenters. The first-order valence-corrected chi connectivity index (χ1v) is 10.2. The summed E-state index contributed by atoms with van der Waals surface area (Å²) in [5.41, 5.74) is 3.74. The number of carbonyl (C=O) groups is 1. The molecular formula is C23H24N6O. The summed E-state index contributed by atoms with van der Waals surface area (Å²) in [7, 11) is 1.98. The third kappa shape index (κ3) is 3.59. The van der Waals surface area contributed by atoms with Gasteiger partial charge in [-0.05, 0) is 55.8 Å². The van der Waals surface area contributed by atoms with E-state index in [1.165, 1.54) is 0 Å². The lowest BCUT2D eigenvalue weighted by molar-refractivity contribution is -0.120. The molecule has 1 aliphatic rings. The van der Waals surface area contributed by atoms with Crippen molar-refractivity contribution in [3.8, 4) is 11.4 Å². The summed E-state index contributed by atoms with van der Waals surface area (Å²) in [5.74, 6) is 1.84. The Morgan fingerprint density at radius 2 is 2.03 bits per heavy atom. The zero-order valence-electron chi connectivity index (χ0n) is 16.9. The van der Waals surface area contributed by atoms with Crippen LogP contribution < -0.4 is 5.32 Å². The normalized spacial score (nSPS) is 16.9. The SMILES string of the molecule is Cn1ccnc1CN1CCC[C@@H]1C(=O)Nc1ccc(-c2nc3ccccc3[nH]2)cc1. The Kier molecular flexibility index (Phi) is 4.80. The maximum absolute atomic E-state index is 12.9. The number of fused-ring (bicyclic) bond motifs is 1. The van der Waals surface area contributed by atoms with E-state index in [0.717, 1.165) is 53.3 Å². The Bertz CT molecular complexity index is 1140. The largest absolute Gasteiger partial charge is 0.338 e. The first kappa shape index (κ1) is 18.6. The Hall–Kier alpha value is -3.45. The van der Waals surface area contributed by atoms with Gasteiger partial charge in [0, 0.05) is 30.7 Å². The number of likely N-dealkylation sites (tertiary alicyclic amines) is 1. The molecule has 1 fully saturated rings. The quantitative estimate of drug-likeness (QED) is 0.537. The number of carbonyl (C=O) groups excluding carboxylic acids is 1. The van der Waals surface area contributed by atoms with Crippen LogP contribution in [-0.2, 0) is 18.4 Å². The summed E-state index contributed by atoms with van der Waals surface area (Å²) in [6, 6.07) is 15.7. The topological polar surface area (TPSA) is 78.8 Å². The predicted octanol–water partition coefficient (Wildman–Crippen LogP) is 3.57. The van der Waals surface area contributed by atoms with Crippen molar-refractivity contribution < 1.29 is 4.79 Å². The minimum absolute atomic E-state index is 0.0400. The van der Waals surface area contributed by atoms with Gasteiger partial charge in [-0.3, -0.25) is 9.69 Å². The number of anilines is 1. The molecule has 0 radical (unpaired) electrons. The zero-order valence-corrected chi connectivity index (χ0v) is 16.9. The van der Waals surface area contributed by atoms with Crippen LogP contribution >= 0.6 is 0 Å². The van der Waals surface area contributed by atoms with E-state index in [4.69, 9.17) is 0 Å². The molecule has 0 spiro atoms. The van der Waals surface area contributed by atoms with Crippen LogP contribution in [0.25, 0.3) is 22.4 Å².